The van der Waals surface area contributed by atoms with E-state index in [-0.39, 0.29) is 23.3 Å². The topological polar surface area (TPSA) is 118 Å². The summed E-state index contributed by atoms with van der Waals surface area (Å²) in [6.07, 6.45) is 9.91. The number of carbonyl (C=O) groups excluding carboxylic acids is 2. The SMILES string of the molecule is C=CC(=O)Nc1ccc(C(=O)N2CCC[C@@H](Nn3ncc(/C=C/c4ncc(C(C)(C)C)o4)n3)C2)cc1. The van der Waals surface area contributed by atoms with E-state index in [9.17, 15) is 9.59 Å². The van der Waals surface area contributed by atoms with Gasteiger partial charge in [0.15, 0.2) is 0 Å². The van der Waals surface area contributed by atoms with Crippen LogP contribution in [-0.4, -0.2) is 55.9 Å². The lowest BCUT2D eigenvalue weighted by Crippen LogP contribution is -2.47. The highest BCUT2D eigenvalue weighted by Crippen LogP contribution is 2.23. The van der Waals surface area contributed by atoms with E-state index in [0.717, 1.165) is 18.6 Å². The molecular formula is C26H31N7O3. The van der Waals surface area contributed by atoms with E-state index in [4.69, 9.17) is 4.42 Å². The Kier molecular flexibility index (Phi) is 7.33. The Morgan fingerprint density at radius 2 is 1.94 bits per heavy atom. The Morgan fingerprint density at radius 1 is 1.17 bits per heavy atom. The van der Waals surface area contributed by atoms with Gasteiger partial charge >= 0.3 is 0 Å². The summed E-state index contributed by atoms with van der Waals surface area (Å²) in [5.41, 5.74) is 5.00. The minimum absolute atomic E-state index is 0.0131. The van der Waals surface area contributed by atoms with Crippen LogP contribution in [0.4, 0.5) is 5.69 Å². The van der Waals surface area contributed by atoms with E-state index in [1.54, 1.807) is 48.8 Å². The molecule has 0 radical (unpaired) electrons. The Bertz CT molecular complexity index is 1250. The predicted molar refractivity (Wildman–Crippen MR) is 138 cm³/mol. The van der Waals surface area contributed by atoms with Gasteiger partial charge in [0, 0.05) is 35.8 Å². The lowest BCUT2D eigenvalue weighted by molar-refractivity contribution is -0.111. The summed E-state index contributed by atoms with van der Waals surface area (Å²) in [6.45, 7) is 10.9. The van der Waals surface area contributed by atoms with Crippen LogP contribution in [-0.2, 0) is 10.2 Å². The van der Waals surface area contributed by atoms with Gasteiger partial charge in [-0.2, -0.15) is 0 Å². The molecule has 0 spiro atoms. The second-order valence-corrected chi connectivity index (χ2v) is 9.70. The van der Waals surface area contributed by atoms with Crippen LogP contribution in [0.15, 0.2) is 53.7 Å². The number of piperidine rings is 1. The molecule has 0 saturated carbocycles. The number of likely N-dealkylation sites (tertiary alicyclic amines) is 1. The van der Waals surface area contributed by atoms with Gasteiger partial charge in [0.05, 0.1) is 18.4 Å². The summed E-state index contributed by atoms with van der Waals surface area (Å²) in [6, 6.07) is 6.85. The molecule has 0 unspecified atom stereocenters. The van der Waals surface area contributed by atoms with Crippen molar-refractivity contribution in [1.29, 1.82) is 0 Å². The summed E-state index contributed by atoms with van der Waals surface area (Å²) < 4.78 is 5.77. The fraction of sp³-hybridized carbons (Fsp3) is 0.346. The van der Waals surface area contributed by atoms with Crippen molar-refractivity contribution in [2.75, 3.05) is 23.8 Å². The molecular weight excluding hydrogens is 458 g/mol. The largest absolute Gasteiger partial charge is 0.441 e. The number of amides is 2. The second kappa shape index (κ2) is 10.6. The van der Waals surface area contributed by atoms with E-state index < -0.39 is 0 Å². The molecule has 0 aliphatic carbocycles. The molecule has 36 heavy (non-hydrogen) atoms. The number of nitrogens with zero attached hydrogens (tertiary/aromatic N) is 5. The first-order valence-electron chi connectivity index (χ1n) is 11.9. The van der Waals surface area contributed by atoms with Gasteiger partial charge in [0.2, 0.25) is 11.8 Å². The Morgan fingerprint density at radius 3 is 2.64 bits per heavy atom. The maximum absolute atomic E-state index is 13.0. The van der Waals surface area contributed by atoms with E-state index in [2.05, 4.69) is 53.3 Å². The summed E-state index contributed by atoms with van der Waals surface area (Å²) >= 11 is 0. The quantitative estimate of drug-likeness (QED) is 0.486. The first kappa shape index (κ1) is 24.9. The molecule has 2 aromatic heterocycles. The molecule has 4 rings (SSSR count). The van der Waals surface area contributed by atoms with Crippen molar-refractivity contribution in [3.05, 3.63) is 72.2 Å². The molecule has 1 atom stereocenters. The van der Waals surface area contributed by atoms with Crippen molar-refractivity contribution in [1.82, 2.24) is 25.0 Å². The average molecular weight is 490 g/mol. The number of rotatable bonds is 7. The minimum Gasteiger partial charge on any atom is -0.441 e. The van der Waals surface area contributed by atoms with E-state index in [1.165, 1.54) is 11.0 Å². The molecule has 2 amide bonds. The monoisotopic (exact) mass is 489 g/mol. The second-order valence-electron chi connectivity index (χ2n) is 9.70. The number of benzene rings is 1. The normalized spacial score (nSPS) is 16.2. The van der Waals surface area contributed by atoms with Crippen LogP contribution in [0.5, 0.6) is 0 Å². The highest BCUT2D eigenvalue weighted by Gasteiger charge is 2.25. The molecule has 3 aromatic rings. The van der Waals surface area contributed by atoms with Crippen molar-refractivity contribution in [2.24, 2.45) is 0 Å². The maximum Gasteiger partial charge on any atom is 0.253 e. The van der Waals surface area contributed by atoms with Crippen LogP contribution < -0.4 is 10.7 Å². The molecule has 10 heteroatoms. The number of hydrogen-bond acceptors (Lipinski definition) is 7. The highest BCUT2D eigenvalue weighted by atomic mass is 16.4. The first-order valence-corrected chi connectivity index (χ1v) is 11.9. The van der Waals surface area contributed by atoms with Crippen LogP contribution >= 0.6 is 0 Å². The molecule has 10 nitrogen and oxygen atoms in total. The smallest absolute Gasteiger partial charge is 0.253 e. The zero-order valence-corrected chi connectivity index (χ0v) is 20.8. The molecule has 1 aliphatic heterocycles. The summed E-state index contributed by atoms with van der Waals surface area (Å²) in [4.78, 5) is 32.0. The molecule has 3 heterocycles. The third kappa shape index (κ3) is 6.26. The molecule has 1 saturated heterocycles. The number of carbonyl (C=O) groups is 2. The lowest BCUT2D eigenvalue weighted by atomic mass is 9.94. The predicted octanol–water partition coefficient (Wildman–Crippen LogP) is 3.71. The lowest BCUT2D eigenvalue weighted by Gasteiger charge is -2.33. The molecule has 1 fully saturated rings. The molecule has 2 N–H and O–H groups in total. The number of aromatic nitrogens is 4. The van der Waals surface area contributed by atoms with Crippen LogP contribution in [0.2, 0.25) is 0 Å². The van der Waals surface area contributed by atoms with Gasteiger partial charge in [-0.05, 0) is 49.3 Å². The van der Waals surface area contributed by atoms with Crippen molar-refractivity contribution < 1.29 is 14.0 Å². The van der Waals surface area contributed by atoms with Gasteiger partial charge in [-0.3, -0.25) is 15.0 Å². The molecule has 188 valence electrons. The van der Waals surface area contributed by atoms with Crippen molar-refractivity contribution in [3.63, 3.8) is 0 Å². The third-order valence-electron chi connectivity index (χ3n) is 5.76. The zero-order valence-electron chi connectivity index (χ0n) is 20.8. The van der Waals surface area contributed by atoms with Gasteiger partial charge in [-0.25, -0.2) is 4.98 Å². The van der Waals surface area contributed by atoms with Crippen molar-refractivity contribution in [2.45, 2.75) is 45.1 Å². The van der Waals surface area contributed by atoms with Gasteiger partial charge in [-0.15, -0.1) is 10.2 Å². The van der Waals surface area contributed by atoms with Gasteiger partial charge in [0.25, 0.3) is 5.91 Å². The highest BCUT2D eigenvalue weighted by molar-refractivity contribution is 5.99. The van der Waals surface area contributed by atoms with Crippen LogP contribution in [0, 0.1) is 0 Å². The van der Waals surface area contributed by atoms with Gasteiger partial charge < -0.3 is 14.6 Å². The fourth-order valence-electron chi connectivity index (χ4n) is 3.78. The fourth-order valence-corrected chi connectivity index (χ4v) is 3.78. The first-order chi connectivity index (χ1) is 17.2. The van der Waals surface area contributed by atoms with Gasteiger partial charge in [-0.1, -0.05) is 32.3 Å². The zero-order chi connectivity index (χ0) is 25.7. The summed E-state index contributed by atoms with van der Waals surface area (Å²) in [5.74, 6) is 0.984. The molecule has 0 bridgehead atoms. The summed E-state index contributed by atoms with van der Waals surface area (Å²) in [7, 11) is 0. The minimum atomic E-state index is -0.294. The Balaban J connectivity index is 1.33. The number of nitrogens with one attached hydrogen (secondary N) is 2. The standard InChI is InChI=1S/C26H31N7O3/c1-5-23(34)29-19-10-8-18(9-11-19)25(35)32-14-6-7-21(17-32)31-33-28-15-20(30-33)12-13-24-27-16-22(36-24)26(2,3)4/h5,8-13,15-16,21,31H,1,6-7,14,17H2,2-4H3,(H,29,34)/b13-12+/t21-/m1/s1. The van der Waals surface area contributed by atoms with E-state index in [1.807, 2.05) is 4.90 Å². The molecule has 1 aromatic carbocycles. The average Bonchev–Trinajstić information content (AvgIpc) is 3.52. The van der Waals surface area contributed by atoms with Gasteiger partial charge in [0.1, 0.15) is 11.5 Å². The number of oxazole rings is 1. The van der Waals surface area contributed by atoms with E-state index in [0.29, 0.717) is 35.9 Å². The van der Waals surface area contributed by atoms with Crippen LogP contribution in [0.1, 0.15) is 61.3 Å². The van der Waals surface area contributed by atoms with Crippen molar-refractivity contribution >= 4 is 29.7 Å². The van der Waals surface area contributed by atoms with Crippen LogP contribution in [0.3, 0.4) is 0 Å². The van der Waals surface area contributed by atoms with Crippen molar-refractivity contribution in [3.8, 4) is 0 Å². The third-order valence-corrected chi connectivity index (χ3v) is 5.76. The molecule has 1 aliphatic rings. The Labute approximate surface area is 210 Å². The number of anilines is 1. The van der Waals surface area contributed by atoms with Crippen LogP contribution in [0.25, 0.3) is 12.2 Å². The maximum atomic E-state index is 13.0. The summed E-state index contributed by atoms with van der Waals surface area (Å²) in [5, 5.41) is 11.4. The van der Waals surface area contributed by atoms with E-state index >= 15 is 0 Å². The number of hydrogen-bond donors (Lipinski definition) is 2. The Hall–Kier alpha value is -4.21.